The highest BCUT2D eigenvalue weighted by atomic mass is 35.5. The number of imidazole rings is 1. The van der Waals surface area contributed by atoms with E-state index in [1.807, 2.05) is 66.7 Å². The van der Waals surface area contributed by atoms with Gasteiger partial charge in [-0.3, -0.25) is 14.6 Å². The number of aromatic nitrogens is 2. The van der Waals surface area contributed by atoms with Gasteiger partial charge in [-0.15, -0.1) is 0 Å². The first-order valence-corrected chi connectivity index (χ1v) is 13.6. The summed E-state index contributed by atoms with van der Waals surface area (Å²) in [5.41, 5.74) is 6.70. The van der Waals surface area contributed by atoms with E-state index in [-0.39, 0.29) is 18.2 Å². The van der Waals surface area contributed by atoms with Gasteiger partial charge in [-0.1, -0.05) is 78.3 Å². The summed E-state index contributed by atoms with van der Waals surface area (Å²) >= 11 is 6.31. The molecule has 1 unspecified atom stereocenters. The fraction of sp³-hybridized carbons (Fsp3) is 0.0909. The van der Waals surface area contributed by atoms with E-state index in [9.17, 15) is 9.59 Å². The lowest BCUT2D eigenvalue weighted by Crippen LogP contribution is -2.27. The standard InChI is InChI=1S/C33H26ClN5O2/c34-24-12-15-27-28(19-24)39-33(41)29(18-23-8-4-5-9-26(23)21-6-2-1-3-7-21)38-32(27)22-10-13-25(14-11-22)37-31(40)20-30-35-16-17-36-30/h1-17,19,29H,18,20H2,(H,35,36)(H,37,40)(H,39,41). The van der Waals surface area contributed by atoms with Crippen molar-refractivity contribution in [2.75, 3.05) is 10.6 Å². The maximum atomic E-state index is 13.5. The maximum Gasteiger partial charge on any atom is 0.249 e. The van der Waals surface area contributed by atoms with E-state index < -0.39 is 6.04 Å². The summed E-state index contributed by atoms with van der Waals surface area (Å²) in [6.07, 6.45) is 3.87. The zero-order valence-corrected chi connectivity index (χ0v) is 22.7. The molecule has 202 valence electrons. The number of carbonyl (C=O) groups is 2. The van der Waals surface area contributed by atoms with Crippen molar-refractivity contribution in [3.8, 4) is 11.1 Å². The number of aliphatic imine (C=N–C) groups is 1. The van der Waals surface area contributed by atoms with E-state index in [1.54, 1.807) is 24.5 Å². The Balaban J connectivity index is 1.33. The van der Waals surface area contributed by atoms with Crippen molar-refractivity contribution in [3.05, 3.63) is 137 Å². The fourth-order valence-corrected chi connectivity index (χ4v) is 5.14. The largest absolute Gasteiger partial charge is 0.348 e. The normalized spacial score (nSPS) is 14.4. The molecule has 41 heavy (non-hydrogen) atoms. The third kappa shape index (κ3) is 5.95. The second-order valence-electron chi connectivity index (χ2n) is 9.74. The van der Waals surface area contributed by atoms with Gasteiger partial charge in [-0.05, 0) is 47.0 Å². The zero-order chi connectivity index (χ0) is 28.2. The summed E-state index contributed by atoms with van der Waals surface area (Å²) in [5.74, 6) is 0.221. The Morgan fingerprint density at radius 2 is 1.66 bits per heavy atom. The van der Waals surface area contributed by atoms with Gasteiger partial charge in [0, 0.05) is 40.7 Å². The highest BCUT2D eigenvalue weighted by Gasteiger charge is 2.27. The highest BCUT2D eigenvalue weighted by Crippen LogP contribution is 2.30. The van der Waals surface area contributed by atoms with E-state index >= 15 is 0 Å². The van der Waals surface area contributed by atoms with Crippen LogP contribution in [0.3, 0.4) is 0 Å². The van der Waals surface area contributed by atoms with Crippen molar-refractivity contribution in [2.24, 2.45) is 4.99 Å². The molecule has 3 N–H and O–H groups in total. The number of hydrogen-bond donors (Lipinski definition) is 3. The maximum absolute atomic E-state index is 13.5. The molecule has 7 nitrogen and oxygen atoms in total. The Bertz CT molecular complexity index is 1730. The van der Waals surface area contributed by atoms with E-state index in [2.05, 4.69) is 38.8 Å². The molecule has 5 aromatic rings. The van der Waals surface area contributed by atoms with Crippen molar-refractivity contribution in [1.29, 1.82) is 0 Å². The molecule has 0 radical (unpaired) electrons. The number of nitrogens with one attached hydrogen (secondary N) is 3. The Hall–Kier alpha value is -5.01. The second kappa shape index (κ2) is 11.6. The number of anilines is 2. The SMILES string of the molecule is O=C(Cc1ncc[nH]1)Nc1ccc(C2=NC(Cc3ccccc3-c3ccccc3)C(=O)Nc3cc(Cl)ccc32)cc1. The first kappa shape index (κ1) is 26.2. The van der Waals surface area contributed by atoms with Crippen molar-refractivity contribution in [2.45, 2.75) is 18.9 Å². The molecule has 4 aromatic carbocycles. The predicted octanol–water partition coefficient (Wildman–Crippen LogP) is 6.31. The number of aromatic amines is 1. The lowest BCUT2D eigenvalue weighted by molar-refractivity contribution is -0.117. The molecule has 0 spiro atoms. The smallest absolute Gasteiger partial charge is 0.249 e. The summed E-state index contributed by atoms with van der Waals surface area (Å²) in [7, 11) is 0. The van der Waals surface area contributed by atoms with Gasteiger partial charge in [-0.2, -0.15) is 0 Å². The van der Waals surface area contributed by atoms with Crippen LogP contribution in [0.1, 0.15) is 22.5 Å². The Morgan fingerprint density at radius 1 is 0.878 bits per heavy atom. The Kier molecular flexibility index (Phi) is 7.43. The number of rotatable bonds is 7. The van der Waals surface area contributed by atoms with Gasteiger partial charge in [0.25, 0.3) is 0 Å². The molecule has 0 fully saturated rings. The van der Waals surface area contributed by atoms with Crippen LogP contribution in [0.4, 0.5) is 11.4 Å². The van der Waals surface area contributed by atoms with Crippen molar-refractivity contribution >= 4 is 40.5 Å². The Morgan fingerprint density at radius 3 is 2.44 bits per heavy atom. The van der Waals surface area contributed by atoms with Crippen LogP contribution < -0.4 is 10.6 Å². The molecule has 2 heterocycles. The van der Waals surface area contributed by atoms with E-state index in [0.29, 0.717) is 34.4 Å². The quantitative estimate of drug-likeness (QED) is 0.218. The molecular weight excluding hydrogens is 534 g/mol. The predicted molar refractivity (Wildman–Crippen MR) is 162 cm³/mol. The van der Waals surface area contributed by atoms with Gasteiger partial charge < -0.3 is 15.6 Å². The molecule has 1 atom stereocenters. The minimum Gasteiger partial charge on any atom is -0.348 e. The van der Waals surface area contributed by atoms with Crippen molar-refractivity contribution in [1.82, 2.24) is 9.97 Å². The van der Waals surface area contributed by atoms with Crippen LogP contribution >= 0.6 is 11.6 Å². The van der Waals surface area contributed by atoms with Gasteiger partial charge in [0.15, 0.2) is 0 Å². The molecule has 0 saturated heterocycles. The summed E-state index contributed by atoms with van der Waals surface area (Å²) < 4.78 is 0. The van der Waals surface area contributed by atoms with Crippen LogP contribution in [0.15, 0.2) is 114 Å². The molecule has 0 saturated carbocycles. The topological polar surface area (TPSA) is 99.2 Å². The third-order valence-electron chi connectivity index (χ3n) is 6.92. The van der Waals surface area contributed by atoms with Crippen LogP contribution in [-0.4, -0.2) is 33.5 Å². The second-order valence-corrected chi connectivity index (χ2v) is 10.2. The van der Waals surface area contributed by atoms with Gasteiger partial charge in [0.1, 0.15) is 11.9 Å². The number of benzene rings is 4. The molecule has 2 amide bonds. The number of nitrogens with zero attached hydrogens (tertiary/aromatic N) is 2. The summed E-state index contributed by atoms with van der Waals surface area (Å²) in [4.78, 5) is 38.0. The summed E-state index contributed by atoms with van der Waals surface area (Å²) in [6.45, 7) is 0. The molecule has 8 heteroatoms. The van der Waals surface area contributed by atoms with Crippen LogP contribution in [0, 0.1) is 0 Å². The fourth-order valence-electron chi connectivity index (χ4n) is 4.96. The molecule has 6 rings (SSSR count). The number of carbonyl (C=O) groups excluding carboxylic acids is 2. The van der Waals surface area contributed by atoms with Gasteiger partial charge in [-0.25, -0.2) is 4.98 Å². The summed E-state index contributed by atoms with van der Waals surface area (Å²) in [5, 5.41) is 6.46. The average molecular weight is 560 g/mol. The van der Waals surface area contributed by atoms with Gasteiger partial charge in [0.2, 0.25) is 11.8 Å². The molecule has 1 aliphatic heterocycles. The third-order valence-corrected chi connectivity index (χ3v) is 7.16. The van der Waals surface area contributed by atoms with Crippen molar-refractivity contribution < 1.29 is 9.59 Å². The molecule has 0 aliphatic carbocycles. The summed E-state index contributed by atoms with van der Waals surface area (Å²) in [6, 6.07) is 30.4. The highest BCUT2D eigenvalue weighted by molar-refractivity contribution is 6.31. The van der Waals surface area contributed by atoms with E-state index in [1.165, 1.54) is 0 Å². The minimum atomic E-state index is -0.672. The van der Waals surface area contributed by atoms with Gasteiger partial charge in [0.05, 0.1) is 17.8 Å². The lowest BCUT2D eigenvalue weighted by atomic mass is 9.95. The number of halogens is 1. The van der Waals surface area contributed by atoms with Crippen molar-refractivity contribution in [3.63, 3.8) is 0 Å². The minimum absolute atomic E-state index is 0.148. The first-order chi connectivity index (χ1) is 20.0. The zero-order valence-electron chi connectivity index (χ0n) is 22.0. The number of fused-ring (bicyclic) bond motifs is 1. The first-order valence-electron chi connectivity index (χ1n) is 13.2. The van der Waals surface area contributed by atoms with Crippen LogP contribution in [0.25, 0.3) is 11.1 Å². The number of amides is 2. The molecular formula is C33H26ClN5O2. The number of benzodiazepines with no additional fused rings is 1. The number of H-pyrrole nitrogens is 1. The molecule has 1 aliphatic rings. The van der Waals surface area contributed by atoms with E-state index in [0.717, 1.165) is 27.8 Å². The molecule has 1 aromatic heterocycles. The Labute approximate surface area is 242 Å². The van der Waals surface area contributed by atoms with Crippen LogP contribution in [0.5, 0.6) is 0 Å². The lowest BCUT2D eigenvalue weighted by Gasteiger charge is -2.15. The van der Waals surface area contributed by atoms with E-state index in [4.69, 9.17) is 16.6 Å². The van der Waals surface area contributed by atoms with Crippen LogP contribution in [0.2, 0.25) is 5.02 Å². The van der Waals surface area contributed by atoms with Gasteiger partial charge >= 0.3 is 0 Å². The monoisotopic (exact) mass is 559 g/mol. The average Bonchev–Trinajstić information content (AvgIpc) is 3.45. The van der Waals surface area contributed by atoms with Crippen LogP contribution in [-0.2, 0) is 22.4 Å². The molecule has 0 bridgehead atoms. The number of hydrogen-bond acceptors (Lipinski definition) is 4.